The van der Waals surface area contributed by atoms with Crippen LogP contribution in [-0.2, 0) is 11.3 Å². The molecular weight excluding hydrogens is 407 g/mol. The van der Waals surface area contributed by atoms with Gasteiger partial charge in [-0.25, -0.2) is 4.79 Å². The molecule has 0 bridgehead atoms. The van der Waals surface area contributed by atoms with E-state index in [1.807, 2.05) is 25.7 Å². The van der Waals surface area contributed by atoms with Crippen molar-refractivity contribution in [2.75, 3.05) is 26.2 Å². The third kappa shape index (κ3) is 7.01. The number of nitrogens with zero attached hydrogens (tertiary/aromatic N) is 2. The molecule has 0 unspecified atom stereocenters. The fourth-order valence-corrected chi connectivity index (χ4v) is 3.45. The van der Waals surface area contributed by atoms with E-state index in [1.54, 1.807) is 11.0 Å². The van der Waals surface area contributed by atoms with E-state index >= 15 is 0 Å². The van der Waals surface area contributed by atoms with Crippen molar-refractivity contribution in [1.29, 1.82) is 0 Å². The molecule has 1 heterocycles. The summed E-state index contributed by atoms with van der Waals surface area (Å²) in [5.74, 6) is 2.38. The fraction of sp³-hybridized carbons (Fsp3) is 0.550. The second-order valence-corrected chi connectivity index (χ2v) is 8.21. The van der Waals surface area contributed by atoms with Crippen molar-refractivity contribution >= 4 is 18.5 Å². The molecule has 0 saturated carbocycles. The quantitative estimate of drug-likeness (QED) is 0.510. The van der Waals surface area contributed by atoms with Crippen molar-refractivity contribution in [3.63, 3.8) is 0 Å². The summed E-state index contributed by atoms with van der Waals surface area (Å²) in [6.45, 7) is 5.63. The number of hydrogen-bond acceptors (Lipinski definition) is 3. The average molecular weight is 434 g/mol. The Morgan fingerprint density at radius 1 is 1.17 bits per heavy atom. The molecule has 0 spiro atoms. The van der Waals surface area contributed by atoms with Crippen LogP contribution in [0.15, 0.2) is 6.07 Å². The number of benzene rings is 1. The third-order valence-electron chi connectivity index (χ3n) is 4.91. The summed E-state index contributed by atoms with van der Waals surface area (Å²) in [6, 6.07) is 1.68. The van der Waals surface area contributed by atoms with Gasteiger partial charge in [0.05, 0.1) is 0 Å². The summed E-state index contributed by atoms with van der Waals surface area (Å²) in [5.41, 5.74) is 0.0669. The summed E-state index contributed by atoms with van der Waals surface area (Å²) in [5, 5.41) is 0. The smallest absolute Gasteiger partial charge is 0.445 e. The first-order valence-electron chi connectivity index (χ1n) is 9.33. The van der Waals surface area contributed by atoms with Crippen LogP contribution in [0.2, 0.25) is 0 Å². The maximum atomic E-state index is 13.6. The van der Waals surface area contributed by atoms with E-state index < -0.39 is 18.0 Å². The van der Waals surface area contributed by atoms with E-state index in [1.165, 1.54) is 13.8 Å². The van der Waals surface area contributed by atoms with E-state index in [2.05, 4.69) is 5.92 Å². The number of ether oxygens (including phenoxy) is 1. The van der Waals surface area contributed by atoms with Crippen LogP contribution < -0.4 is 56.8 Å². The molecule has 1 aromatic rings. The molecule has 154 valence electrons. The van der Waals surface area contributed by atoms with Crippen LogP contribution in [0.5, 0.6) is 0 Å². The predicted molar refractivity (Wildman–Crippen MR) is 106 cm³/mol. The first-order chi connectivity index (χ1) is 12.8. The number of terminal acetylenes is 1. The zero-order valence-corrected chi connectivity index (χ0v) is 21.2. The molecular formula is C20H27BF3KN2O2. The van der Waals surface area contributed by atoms with Gasteiger partial charge in [0.25, 0.3) is 0 Å². The summed E-state index contributed by atoms with van der Waals surface area (Å²) < 4.78 is 46.1. The Morgan fingerprint density at radius 3 is 2.17 bits per heavy atom. The predicted octanol–water partition coefficient (Wildman–Crippen LogP) is 0.396. The molecule has 29 heavy (non-hydrogen) atoms. The first kappa shape index (κ1) is 26.5. The van der Waals surface area contributed by atoms with Crippen LogP contribution in [-0.4, -0.2) is 54.7 Å². The molecule has 0 aromatic heterocycles. The van der Waals surface area contributed by atoms with E-state index in [4.69, 9.17) is 11.2 Å². The Labute approximate surface area is 214 Å². The van der Waals surface area contributed by atoms with Gasteiger partial charge in [0.2, 0.25) is 0 Å². The fourth-order valence-electron chi connectivity index (χ4n) is 3.45. The number of hydrogen-bond donors (Lipinski definition) is 0. The van der Waals surface area contributed by atoms with Gasteiger partial charge in [-0.15, -0.1) is 11.9 Å². The monoisotopic (exact) mass is 434 g/mol. The summed E-state index contributed by atoms with van der Waals surface area (Å²) in [6.07, 6.45) is 5.07. The Morgan fingerprint density at radius 2 is 1.72 bits per heavy atom. The van der Waals surface area contributed by atoms with Crippen LogP contribution >= 0.6 is 0 Å². The molecule has 1 saturated heterocycles. The van der Waals surface area contributed by atoms with Crippen LogP contribution in [0.4, 0.5) is 17.7 Å². The normalized spacial score (nSPS) is 15.5. The van der Waals surface area contributed by atoms with Crippen LogP contribution in [0, 0.1) is 26.2 Å². The molecule has 1 aliphatic rings. The molecule has 1 aromatic carbocycles. The molecule has 9 heteroatoms. The van der Waals surface area contributed by atoms with Gasteiger partial charge in [0, 0.05) is 38.3 Å². The molecule has 1 amide bonds. The summed E-state index contributed by atoms with van der Waals surface area (Å²) in [7, 11) is 0. The van der Waals surface area contributed by atoms with Crippen molar-refractivity contribution in [3.8, 4) is 12.3 Å². The minimum absolute atomic E-state index is 0. The number of carbonyl (C=O) groups excluding carboxylic acids is 1. The maximum absolute atomic E-state index is 13.6. The van der Waals surface area contributed by atoms with E-state index in [0.717, 1.165) is 0 Å². The van der Waals surface area contributed by atoms with Gasteiger partial charge in [-0.05, 0) is 46.2 Å². The van der Waals surface area contributed by atoms with E-state index in [0.29, 0.717) is 38.3 Å². The third-order valence-corrected chi connectivity index (χ3v) is 4.91. The molecule has 0 aliphatic carbocycles. The average Bonchev–Trinajstić information content (AvgIpc) is 2.55. The van der Waals surface area contributed by atoms with Crippen molar-refractivity contribution in [3.05, 3.63) is 28.3 Å². The standard InChI is InChI=1S/C20H27BF3N2O2.K/c1-7-16-12-17(15(3)18(14(16)2)21(22,23)24)13-25-8-10-26(11-9-25)19(27)28-20(4,5)6;/h1,12H,8-11,13H2,2-6H3;/q-1;+1. The number of halogens is 3. The minimum Gasteiger partial charge on any atom is -0.445 e. The van der Waals surface area contributed by atoms with Gasteiger partial charge in [0.1, 0.15) is 5.60 Å². The molecule has 1 aliphatic heterocycles. The molecule has 2 rings (SSSR count). The Bertz CT molecular complexity index is 793. The number of carbonyl (C=O) groups is 1. The van der Waals surface area contributed by atoms with Gasteiger partial charge in [-0.2, -0.15) is 0 Å². The first-order valence-corrected chi connectivity index (χ1v) is 9.33. The molecule has 0 atom stereocenters. The molecule has 1 fully saturated rings. The molecule has 0 radical (unpaired) electrons. The Hall–Kier alpha value is -0.499. The number of piperazine rings is 1. The van der Waals surface area contributed by atoms with E-state index in [9.17, 15) is 17.7 Å². The van der Waals surface area contributed by atoms with Crippen LogP contribution in [0.1, 0.15) is 43.0 Å². The topological polar surface area (TPSA) is 32.8 Å². The SMILES string of the molecule is C#Cc1cc(CN2CCN(C(=O)OC(C)(C)C)CC2)c(C)c([B-](F)(F)F)c1C.[K+]. The Balaban J connectivity index is 0.00000420. The molecule has 4 nitrogen and oxygen atoms in total. The maximum Gasteiger partial charge on any atom is 1.00 e. The van der Waals surface area contributed by atoms with Gasteiger partial charge >= 0.3 is 64.5 Å². The van der Waals surface area contributed by atoms with Crippen LogP contribution in [0.25, 0.3) is 0 Å². The van der Waals surface area contributed by atoms with Crippen molar-refractivity contribution in [1.82, 2.24) is 9.80 Å². The summed E-state index contributed by atoms with van der Waals surface area (Å²) >= 11 is 0. The van der Waals surface area contributed by atoms with Gasteiger partial charge < -0.3 is 22.6 Å². The van der Waals surface area contributed by atoms with Gasteiger partial charge in [-0.1, -0.05) is 17.0 Å². The van der Waals surface area contributed by atoms with E-state index in [-0.39, 0.29) is 74.2 Å². The van der Waals surface area contributed by atoms with Crippen LogP contribution in [0.3, 0.4) is 0 Å². The van der Waals surface area contributed by atoms with Crippen molar-refractivity contribution in [2.24, 2.45) is 0 Å². The largest absolute Gasteiger partial charge is 1.00 e. The van der Waals surface area contributed by atoms with Crippen molar-refractivity contribution in [2.45, 2.75) is 46.8 Å². The van der Waals surface area contributed by atoms with Gasteiger partial charge in [-0.3, -0.25) is 4.90 Å². The van der Waals surface area contributed by atoms with Crippen molar-refractivity contribution < 1.29 is 73.9 Å². The number of rotatable bonds is 3. The Kier molecular flexibility index (Phi) is 9.34. The second-order valence-electron chi connectivity index (χ2n) is 8.21. The van der Waals surface area contributed by atoms with Gasteiger partial charge in [0.15, 0.2) is 0 Å². The minimum atomic E-state index is -5.15. The zero-order valence-electron chi connectivity index (χ0n) is 18.1. The second kappa shape index (κ2) is 10.2. The zero-order chi connectivity index (χ0) is 21.3. The summed E-state index contributed by atoms with van der Waals surface area (Å²) in [4.78, 5) is 15.8. The molecule has 0 N–H and O–H groups in total. The number of amides is 1.